The molecule has 0 bridgehead atoms. The molecule has 0 spiro atoms. The summed E-state index contributed by atoms with van der Waals surface area (Å²) in [7, 11) is -3.63. The Balaban J connectivity index is 1.64. The first-order valence-electron chi connectivity index (χ1n) is 8.66. The Hall–Kier alpha value is -2.38. The van der Waals surface area contributed by atoms with Gasteiger partial charge in [-0.25, -0.2) is 8.42 Å². The highest BCUT2D eigenvalue weighted by Crippen LogP contribution is 2.17. The molecule has 26 heavy (non-hydrogen) atoms. The normalized spacial score (nSPS) is 20.3. The Kier molecular flexibility index (Phi) is 5.58. The van der Waals surface area contributed by atoms with E-state index in [1.165, 1.54) is 12.1 Å². The van der Waals surface area contributed by atoms with E-state index in [1.54, 1.807) is 42.5 Å². The van der Waals surface area contributed by atoms with Crippen LogP contribution in [-0.4, -0.2) is 33.0 Å². The third-order valence-electron chi connectivity index (χ3n) is 4.41. The van der Waals surface area contributed by atoms with Crippen molar-refractivity contribution in [3.63, 3.8) is 0 Å². The Morgan fingerprint density at radius 3 is 2.42 bits per heavy atom. The molecule has 0 aromatic heterocycles. The van der Waals surface area contributed by atoms with Gasteiger partial charge in [0.1, 0.15) is 0 Å². The molecule has 3 N–H and O–H groups in total. The average molecular weight is 373 g/mol. The predicted octanol–water partition coefficient (Wildman–Crippen LogP) is 2.36. The van der Waals surface area contributed by atoms with Crippen molar-refractivity contribution in [2.24, 2.45) is 0 Å². The van der Waals surface area contributed by atoms with E-state index in [9.17, 15) is 13.2 Å². The number of nitrogens with one attached hydrogen (secondary N) is 3. The molecule has 0 aliphatic carbocycles. The lowest BCUT2D eigenvalue weighted by Crippen LogP contribution is -2.46. The van der Waals surface area contributed by atoms with Crippen molar-refractivity contribution in [1.29, 1.82) is 0 Å². The second-order valence-electron chi connectivity index (χ2n) is 6.55. The average Bonchev–Trinajstić information content (AvgIpc) is 2.63. The summed E-state index contributed by atoms with van der Waals surface area (Å²) in [5.74, 6) is -0.137. The predicted molar refractivity (Wildman–Crippen MR) is 102 cm³/mol. The summed E-state index contributed by atoms with van der Waals surface area (Å²) in [4.78, 5) is 12.6. The first-order chi connectivity index (χ1) is 12.4. The van der Waals surface area contributed by atoms with E-state index in [2.05, 4.69) is 22.3 Å². The molecular formula is C19H23N3O3S. The summed E-state index contributed by atoms with van der Waals surface area (Å²) in [5.41, 5.74) is 0.930. The number of hydrogen-bond acceptors (Lipinski definition) is 4. The van der Waals surface area contributed by atoms with Crippen molar-refractivity contribution < 1.29 is 13.2 Å². The summed E-state index contributed by atoms with van der Waals surface area (Å²) in [6.45, 7) is 3.00. The minimum atomic E-state index is -3.63. The van der Waals surface area contributed by atoms with Crippen LogP contribution in [0, 0.1) is 0 Å². The van der Waals surface area contributed by atoms with Crippen molar-refractivity contribution in [2.45, 2.75) is 36.7 Å². The molecule has 2 atom stereocenters. The van der Waals surface area contributed by atoms with Gasteiger partial charge in [0.25, 0.3) is 15.9 Å². The number of sulfonamides is 1. The molecule has 1 saturated heterocycles. The summed E-state index contributed by atoms with van der Waals surface area (Å²) in [6, 6.07) is 15.2. The Morgan fingerprint density at radius 2 is 1.77 bits per heavy atom. The fourth-order valence-corrected chi connectivity index (χ4v) is 4.11. The molecule has 1 fully saturated rings. The van der Waals surface area contributed by atoms with Gasteiger partial charge < -0.3 is 10.6 Å². The van der Waals surface area contributed by atoms with Crippen LogP contribution < -0.4 is 15.4 Å². The van der Waals surface area contributed by atoms with E-state index in [0.29, 0.717) is 17.3 Å². The number of anilines is 1. The quantitative estimate of drug-likeness (QED) is 0.751. The maximum absolute atomic E-state index is 12.4. The monoisotopic (exact) mass is 373 g/mol. The molecule has 1 aliphatic heterocycles. The Labute approximate surface area is 154 Å². The van der Waals surface area contributed by atoms with E-state index in [4.69, 9.17) is 0 Å². The lowest BCUT2D eigenvalue weighted by atomic mass is 10.0. The maximum atomic E-state index is 12.4. The lowest BCUT2D eigenvalue weighted by Gasteiger charge is -2.28. The van der Waals surface area contributed by atoms with Crippen molar-refractivity contribution in [3.8, 4) is 0 Å². The van der Waals surface area contributed by atoms with Crippen molar-refractivity contribution >= 4 is 21.6 Å². The Bertz CT molecular complexity index is 851. The fourth-order valence-electron chi connectivity index (χ4n) is 3.04. The lowest BCUT2D eigenvalue weighted by molar-refractivity contribution is 0.0925. The number of amides is 1. The van der Waals surface area contributed by atoms with Gasteiger partial charge in [-0.1, -0.05) is 18.2 Å². The molecular weight excluding hydrogens is 350 g/mol. The van der Waals surface area contributed by atoms with Gasteiger partial charge in [-0.15, -0.1) is 0 Å². The zero-order valence-corrected chi connectivity index (χ0v) is 15.4. The van der Waals surface area contributed by atoms with Crippen molar-refractivity contribution in [3.05, 3.63) is 60.2 Å². The number of carbonyl (C=O) groups excluding carboxylic acids is 1. The van der Waals surface area contributed by atoms with Gasteiger partial charge in [0.05, 0.1) is 4.90 Å². The summed E-state index contributed by atoms with van der Waals surface area (Å²) < 4.78 is 27.2. The van der Waals surface area contributed by atoms with Gasteiger partial charge in [0, 0.05) is 23.3 Å². The van der Waals surface area contributed by atoms with Gasteiger partial charge in [0.15, 0.2) is 0 Å². The van der Waals surface area contributed by atoms with Crippen LogP contribution in [0.15, 0.2) is 59.5 Å². The third-order valence-corrected chi connectivity index (χ3v) is 5.81. The van der Waals surface area contributed by atoms with Crippen LogP contribution >= 0.6 is 0 Å². The minimum Gasteiger partial charge on any atom is -0.349 e. The van der Waals surface area contributed by atoms with E-state index in [0.717, 1.165) is 19.4 Å². The second kappa shape index (κ2) is 7.88. The van der Waals surface area contributed by atoms with E-state index in [1.807, 2.05) is 0 Å². The molecule has 2 unspecified atom stereocenters. The third kappa shape index (κ3) is 4.62. The topological polar surface area (TPSA) is 87.3 Å². The van der Waals surface area contributed by atoms with Crippen molar-refractivity contribution in [1.82, 2.24) is 10.6 Å². The summed E-state index contributed by atoms with van der Waals surface area (Å²) in [5, 5.41) is 6.39. The Morgan fingerprint density at radius 1 is 1.08 bits per heavy atom. The van der Waals surface area contributed by atoms with Crippen LogP contribution in [0.25, 0.3) is 0 Å². The molecule has 0 radical (unpaired) electrons. The molecule has 138 valence electrons. The van der Waals surface area contributed by atoms with Crippen molar-refractivity contribution in [2.75, 3.05) is 11.3 Å². The van der Waals surface area contributed by atoms with Gasteiger partial charge in [-0.2, -0.15) is 0 Å². The zero-order valence-electron chi connectivity index (χ0n) is 14.6. The molecule has 1 heterocycles. The standard InChI is InChI=1S/C19H23N3O3S/c1-14-13-17(11-12-20-14)21-19(23)15-7-9-16(10-8-15)22-26(24,25)18-5-3-2-4-6-18/h2-10,14,17,20,22H,11-13H2,1H3,(H,21,23). The molecule has 2 aromatic carbocycles. The molecule has 3 rings (SSSR count). The number of piperidine rings is 1. The minimum absolute atomic E-state index is 0.137. The van der Waals surface area contributed by atoms with Crippen LogP contribution in [0.1, 0.15) is 30.1 Å². The largest absolute Gasteiger partial charge is 0.349 e. The number of carbonyl (C=O) groups is 1. The molecule has 6 nitrogen and oxygen atoms in total. The molecule has 2 aromatic rings. The summed E-state index contributed by atoms with van der Waals surface area (Å²) in [6.07, 6.45) is 1.81. The second-order valence-corrected chi connectivity index (χ2v) is 8.23. The highest BCUT2D eigenvalue weighted by molar-refractivity contribution is 7.92. The SMILES string of the molecule is CC1CC(NC(=O)c2ccc(NS(=O)(=O)c3ccccc3)cc2)CCN1. The molecule has 1 aliphatic rings. The van der Waals surface area contributed by atoms with Gasteiger partial charge in [-0.05, 0) is 62.7 Å². The van der Waals surface area contributed by atoms with Crippen LogP contribution in [-0.2, 0) is 10.0 Å². The van der Waals surface area contributed by atoms with Gasteiger partial charge >= 0.3 is 0 Å². The van der Waals surface area contributed by atoms with E-state index >= 15 is 0 Å². The highest BCUT2D eigenvalue weighted by Gasteiger charge is 2.20. The zero-order chi connectivity index (χ0) is 18.6. The number of hydrogen-bond donors (Lipinski definition) is 3. The highest BCUT2D eigenvalue weighted by atomic mass is 32.2. The number of rotatable bonds is 5. The summed E-state index contributed by atoms with van der Waals surface area (Å²) >= 11 is 0. The fraction of sp³-hybridized carbons (Fsp3) is 0.316. The first kappa shape index (κ1) is 18.4. The van der Waals surface area contributed by atoms with Crippen LogP contribution in [0.2, 0.25) is 0 Å². The maximum Gasteiger partial charge on any atom is 0.261 e. The molecule has 7 heteroatoms. The smallest absolute Gasteiger partial charge is 0.261 e. The van der Waals surface area contributed by atoms with E-state index in [-0.39, 0.29) is 16.8 Å². The molecule has 1 amide bonds. The van der Waals surface area contributed by atoms with Crippen LogP contribution in [0.5, 0.6) is 0 Å². The van der Waals surface area contributed by atoms with Crippen LogP contribution in [0.3, 0.4) is 0 Å². The van der Waals surface area contributed by atoms with Gasteiger partial charge in [-0.3, -0.25) is 9.52 Å². The van der Waals surface area contributed by atoms with Gasteiger partial charge in [0.2, 0.25) is 0 Å². The number of benzene rings is 2. The first-order valence-corrected chi connectivity index (χ1v) is 10.1. The van der Waals surface area contributed by atoms with E-state index < -0.39 is 10.0 Å². The molecule has 0 saturated carbocycles. The van der Waals surface area contributed by atoms with Crippen LogP contribution in [0.4, 0.5) is 5.69 Å².